The topological polar surface area (TPSA) is 55.8 Å². The molecule has 0 bridgehead atoms. The van der Waals surface area contributed by atoms with E-state index >= 15 is 0 Å². The number of carbonyl (C=O) groups is 2. The summed E-state index contributed by atoms with van der Waals surface area (Å²) in [6.07, 6.45) is 0.210. The lowest BCUT2D eigenvalue weighted by molar-refractivity contribution is -0.140. The molecule has 0 saturated heterocycles. The number of benzene rings is 1. The highest BCUT2D eigenvalue weighted by Crippen LogP contribution is 2.15. The Balaban J connectivity index is 2.59. The Hall–Kier alpha value is -1.95. The van der Waals surface area contributed by atoms with E-state index in [1.807, 2.05) is 0 Å². The fraction of sp³-hybridized carbons (Fsp3) is 0.357. The van der Waals surface area contributed by atoms with E-state index in [1.165, 1.54) is 7.11 Å². The van der Waals surface area contributed by atoms with Gasteiger partial charge in [-0.25, -0.2) is 0 Å². The van der Waals surface area contributed by atoms with E-state index in [0.717, 1.165) is 0 Å². The van der Waals surface area contributed by atoms with Crippen LogP contribution in [0.1, 0.15) is 23.2 Å². The second-order valence-corrected chi connectivity index (χ2v) is 4.64. The first-order valence-corrected chi connectivity index (χ1v) is 6.44. The number of hydrogen-bond acceptors (Lipinski definition) is 5. The highest BCUT2D eigenvalue weighted by Gasteiger charge is 2.10. The molecule has 0 aromatic heterocycles. The first-order valence-electron chi connectivity index (χ1n) is 6.03. The maximum atomic E-state index is 11.8. The van der Waals surface area contributed by atoms with Crippen LogP contribution in [0.4, 0.5) is 0 Å². The first-order chi connectivity index (χ1) is 9.43. The van der Waals surface area contributed by atoms with E-state index < -0.39 is 5.97 Å². The molecule has 0 spiro atoms. The Morgan fingerprint density at radius 3 is 2.25 bits per heavy atom. The number of thiocarbonyl (C=S) groups is 1. The maximum Gasteiger partial charge on any atom is 0.305 e. The fourth-order valence-corrected chi connectivity index (χ4v) is 1.46. The minimum atomic E-state index is -0.394. The molecule has 0 heterocycles. The molecule has 0 aliphatic rings. The third-order valence-corrected chi connectivity index (χ3v) is 2.98. The number of carbonyl (C=O) groups excluding carboxylic acids is 2. The van der Waals surface area contributed by atoms with Gasteiger partial charge >= 0.3 is 5.97 Å². The molecule has 0 aliphatic heterocycles. The van der Waals surface area contributed by atoms with E-state index in [2.05, 4.69) is 4.74 Å². The minimum absolute atomic E-state index is 0.0816. The minimum Gasteiger partial charge on any atom is -0.469 e. The van der Waals surface area contributed by atoms with Crippen molar-refractivity contribution in [2.24, 2.45) is 0 Å². The Morgan fingerprint density at radius 2 is 1.75 bits per heavy atom. The summed E-state index contributed by atoms with van der Waals surface area (Å²) in [5.41, 5.74) is 0.525. The SMILES string of the molecule is COC(=O)CCC(=O)c1ccc(OC(=S)N(C)C)cc1. The predicted octanol–water partition coefficient (Wildman–Crippen LogP) is 2.05. The van der Waals surface area contributed by atoms with Crippen LogP contribution in [0.25, 0.3) is 0 Å². The fourth-order valence-electron chi connectivity index (χ4n) is 1.36. The third-order valence-electron chi connectivity index (χ3n) is 2.53. The van der Waals surface area contributed by atoms with Gasteiger partial charge in [-0.1, -0.05) is 0 Å². The van der Waals surface area contributed by atoms with Gasteiger partial charge in [0.1, 0.15) is 5.75 Å². The zero-order valence-corrected chi connectivity index (χ0v) is 12.5. The van der Waals surface area contributed by atoms with Crippen molar-refractivity contribution in [1.29, 1.82) is 0 Å². The molecule has 1 aromatic carbocycles. The lowest BCUT2D eigenvalue weighted by atomic mass is 10.1. The van der Waals surface area contributed by atoms with Crippen LogP contribution < -0.4 is 4.74 Å². The van der Waals surface area contributed by atoms with Gasteiger partial charge in [0.2, 0.25) is 0 Å². The molecule has 0 radical (unpaired) electrons. The zero-order valence-electron chi connectivity index (χ0n) is 11.7. The number of ketones is 1. The summed E-state index contributed by atoms with van der Waals surface area (Å²) in [7, 11) is 4.87. The lowest BCUT2D eigenvalue weighted by Crippen LogP contribution is -2.24. The zero-order chi connectivity index (χ0) is 15.1. The molecular weight excluding hydrogens is 278 g/mol. The van der Waals surface area contributed by atoms with Crippen LogP contribution in [0, 0.1) is 0 Å². The first kappa shape index (κ1) is 16.1. The van der Waals surface area contributed by atoms with Crippen molar-refractivity contribution < 1.29 is 19.1 Å². The molecule has 6 heteroatoms. The Morgan fingerprint density at radius 1 is 1.15 bits per heavy atom. The second kappa shape index (κ2) is 7.59. The number of hydrogen-bond donors (Lipinski definition) is 0. The monoisotopic (exact) mass is 295 g/mol. The summed E-state index contributed by atoms with van der Waals surface area (Å²) < 4.78 is 9.89. The van der Waals surface area contributed by atoms with Crippen molar-refractivity contribution >= 4 is 29.1 Å². The van der Waals surface area contributed by atoms with Crippen LogP contribution in [0.2, 0.25) is 0 Å². The summed E-state index contributed by atoms with van der Waals surface area (Å²) in [5.74, 6) is 0.0555. The summed E-state index contributed by atoms with van der Waals surface area (Å²) >= 11 is 5.01. The maximum absolute atomic E-state index is 11.8. The van der Waals surface area contributed by atoms with Crippen molar-refractivity contribution in [3.05, 3.63) is 29.8 Å². The number of esters is 1. The number of methoxy groups -OCH3 is 1. The van der Waals surface area contributed by atoms with E-state index in [9.17, 15) is 9.59 Å². The van der Waals surface area contributed by atoms with Gasteiger partial charge < -0.3 is 14.4 Å². The van der Waals surface area contributed by atoms with Crippen LogP contribution in [0.5, 0.6) is 5.75 Å². The largest absolute Gasteiger partial charge is 0.469 e. The number of rotatable bonds is 5. The molecule has 0 atom stereocenters. The van der Waals surface area contributed by atoms with Crippen molar-refractivity contribution in [3.8, 4) is 5.75 Å². The molecule has 0 fully saturated rings. The van der Waals surface area contributed by atoms with Crippen LogP contribution in [-0.2, 0) is 9.53 Å². The van der Waals surface area contributed by atoms with Crippen molar-refractivity contribution in [2.75, 3.05) is 21.2 Å². The highest BCUT2D eigenvalue weighted by atomic mass is 32.1. The molecule has 0 unspecified atom stereocenters. The predicted molar refractivity (Wildman–Crippen MR) is 78.9 cm³/mol. The number of ether oxygens (including phenoxy) is 2. The number of nitrogens with zero attached hydrogens (tertiary/aromatic N) is 1. The Kier molecular flexibility index (Phi) is 6.11. The van der Waals surface area contributed by atoms with Gasteiger partial charge in [0.15, 0.2) is 5.78 Å². The molecule has 108 valence electrons. The van der Waals surface area contributed by atoms with Gasteiger partial charge in [-0.3, -0.25) is 9.59 Å². The summed E-state index contributed by atoms with van der Waals surface area (Å²) in [4.78, 5) is 24.5. The van der Waals surface area contributed by atoms with E-state index in [4.69, 9.17) is 17.0 Å². The van der Waals surface area contributed by atoms with Gasteiger partial charge in [-0.15, -0.1) is 0 Å². The standard InChI is InChI=1S/C14H17NO4S/c1-15(2)14(20)19-11-6-4-10(5-7-11)12(16)8-9-13(17)18-3/h4-7H,8-9H2,1-3H3. The highest BCUT2D eigenvalue weighted by molar-refractivity contribution is 7.80. The second-order valence-electron chi connectivity index (χ2n) is 4.29. The molecule has 0 aliphatic carbocycles. The van der Waals surface area contributed by atoms with Crippen LogP contribution >= 0.6 is 12.2 Å². The number of Topliss-reactive ketones (excluding diaryl/α,β-unsaturated/α-hetero) is 1. The Labute approximate surface area is 123 Å². The van der Waals surface area contributed by atoms with E-state index in [0.29, 0.717) is 16.5 Å². The molecule has 5 nitrogen and oxygen atoms in total. The van der Waals surface area contributed by atoms with Gasteiger partial charge in [0.05, 0.1) is 13.5 Å². The average Bonchev–Trinajstić information content (AvgIpc) is 2.44. The molecule has 1 aromatic rings. The molecule has 1 rings (SSSR count). The van der Waals surface area contributed by atoms with Gasteiger partial charge in [0, 0.05) is 26.1 Å². The lowest BCUT2D eigenvalue weighted by Gasteiger charge is -2.14. The third kappa shape index (κ3) is 4.97. The van der Waals surface area contributed by atoms with E-state index in [-0.39, 0.29) is 18.6 Å². The van der Waals surface area contributed by atoms with Gasteiger partial charge in [-0.2, -0.15) is 0 Å². The molecule has 0 amide bonds. The summed E-state index contributed by atoms with van der Waals surface area (Å²) in [6.45, 7) is 0. The van der Waals surface area contributed by atoms with Gasteiger partial charge in [0.25, 0.3) is 5.17 Å². The molecular formula is C14H17NO4S. The van der Waals surface area contributed by atoms with E-state index in [1.54, 1.807) is 43.3 Å². The molecule has 20 heavy (non-hydrogen) atoms. The average molecular weight is 295 g/mol. The van der Waals surface area contributed by atoms with Crippen molar-refractivity contribution in [3.63, 3.8) is 0 Å². The van der Waals surface area contributed by atoms with Crippen LogP contribution in [-0.4, -0.2) is 43.0 Å². The normalized spacial score (nSPS) is 9.75. The van der Waals surface area contributed by atoms with Crippen molar-refractivity contribution in [2.45, 2.75) is 12.8 Å². The van der Waals surface area contributed by atoms with Crippen LogP contribution in [0.3, 0.4) is 0 Å². The van der Waals surface area contributed by atoms with Gasteiger partial charge in [-0.05, 0) is 36.5 Å². The molecule has 0 N–H and O–H groups in total. The van der Waals surface area contributed by atoms with Crippen molar-refractivity contribution in [1.82, 2.24) is 4.90 Å². The quantitative estimate of drug-likeness (QED) is 0.471. The molecule has 0 saturated carbocycles. The smallest absolute Gasteiger partial charge is 0.305 e. The summed E-state index contributed by atoms with van der Waals surface area (Å²) in [6, 6.07) is 6.63. The Bertz CT molecular complexity index is 496. The summed E-state index contributed by atoms with van der Waals surface area (Å²) in [5, 5.41) is 0.342. The van der Waals surface area contributed by atoms with Crippen LogP contribution in [0.15, 0.2) is 24.3 Å².